The Kier molecular flexibility index (Phi) is 6.07. The second-order valence-corrected chi connectivity index (χ2v) is 7.84. The van der Waals surface area contributed by atoms with Gasteiger partial charge in [0.1, 0.15) is 17.5 Å². The Hall–Kier alpha value is -3.88. The molecule has 0 aliphatic rings. The maximum Gasteiger partial charge on any atom is 0.266 e. The number of nitriles is 1. The lowest BCUT2D eigenvalue weighted by atomic mass is 10.1. The molecule has 0 fully saturated rings. The Morgan fingerprint density at radius 1 is 1.16 bits per heavy atom. The molecule has 6 heteroatoms. The number of benzene rings is 3. The Labute approximate surface area is 190 Å². The van der Waals surface area contributed by atoms with Crippen LogP contribution in [0, 0.1) is 24.1 Å². The number of nitrogens with zero attached hydrogens (tertiary/aromatic N) is 2. The molecule has 0 saturated carbocycles. The van der Waals surface area contributed by atoms with E-state index in [0.29, 0.717) is 28.4 Å². The second-order valence-electron chi connectivity index (χ2n) is 7.40. The molecule has 32 heavy (non-hydrogen) atoms. The monoisotopic (exact) mass is 443 g/mol. The molecule has 1 aromatic heterocycles. The van der Waals surface area contributed by atoms with Crippen molar-refractivity contribution in [1.29, 1.82) is 5.26 Å². The highest BCUT2D eigenvalue weighted by Crippen LogP contribution is 2.26. The third kappa shape index (κ3) is 4.41. The first-order valence-corrected chi connectivity index (χ1v) is 10.3. The van der Waals surface area contributed by atoms with Crippen molar-refractivity contribution in [2.45, 2.75) is 13.5 Å². The topological polar surface area (TPSA) is 57.8 Å². The van der Waals surface area contributed by atoms with E-state index in [1.54, 1.807) is 42.5 Å². The molecule has 4 rings (SSSR count). The highest BCUT2D eigenvalue weighted by atomic mass is 35.5. The van der Waals surface area contributed by atoms with E-state index in [9.17, 15) is 14.4 Å². The van der Waals surface area contributed by atoms with E-state index < -0.39 is 5.91 Å². The molecule has 0 unspecified atom stereocenters. The first kappa shape index (κ1) is 21.4. The fourth-order valence-corrected chi connectivity index (χ4v) is 3.73. The Morgan fingerprint density at radius 3 is 2.69 bits per heavy atom. The maximum atomic E-state index is 14.2. The highest BCUT2D eigenvalue weighted by molar-refractivity contribution is 6.31. The van der Waals surface area contributed by atoms with Crippen molar-refractivity contribution in [3.05, 3.63) is 106 Å². The summed E-state index contributed by atoms with van der Waals surface area (Å²) in [7, 11) is 0. The molecule has 3 aromatic carbocycles. The maximum absolute atomic E-state index is 14.2. The smallest absolute Gasteiger partial charge is 0.266 e. The van der Waals surface area contributed by atoms with Crippen molar-refractivity contribution in [3.63, 3.8) is 0 Å². The normalized spacial score (nSPS) is 11.4. The minimum absolute atomic E-state index is 0.0434. The standard InChI is InChI=1S/C26H19ClFN3O/c1-17-10-11-21(27)13-24(17)30-26(32)19(14-29)12-20-16-31(25-9-5-3-7-22(20)25)15-18-6-2-4-8-23(18)28/h2-13,16H,15H2,1H3,(H,30,32)/b19-12+. The van der Waals surface area contributed by atoms with E-state index in [1.165, 1.54) is 6.07 Å². The molecule has 0 spiro atoms. The van der Waals surface area contributed by atoms with Gasteiger partial charge < -0.3 is 9.88 Å². The molecular weight excluding hydrogens is 425 g/mol. The molecule has 1 amide bonds. The van der Waals surface area contributed by atoms with Gasteiger partial charge in [0, 0.05) is 38.9 Å². The van der Waals surface area contributed by atoms with Gasteiger partial charge in [-0.1, -0.05) is 54.1 Å². The highest BCUT2D eigenvalue weighted by Gasteiger charge is 2.14. The summed E-state index contributed by atoms with van der Waals surface area (Å²) >= 11 is 6.03. The number of nitrogens with one attached hydrogen (secondary N) is 1. The average Bonchev–Trinajstić information content (AvgIpc) is 3.13. The third-order valence-electron chi connectivity index (χ3n) is 5.23. The molecule has 4 aromatic rings. The van der Waals surface area contributed by atoms with Gasteiger partial charge in [-0.15, -0.1) is 0 Å². The molecule has 158 valence electrons. The van der Waals surface area contributed by atoms with Crippen molar-refractivity contribution in [3.8, 4) is 6.07 Å². The van der Waals surface area contributed by atoms with Gasteiger partial charge in [0.2, 0.25) is 0 Å². The van der Waals surface area contributed by atoms with Crippen LogP contribution in [0.4, 0.5) is 10.1 Å². The summed E-state index contributed by atoms with van der Waals surface area (Å²) in [5, 5.41) is 13.8. The number of carbonyl (C=O) groups excluding carboxylic acids is 1. The quantitative estimate of drug-likeness (QED) is 0.289. The molecule has 4 nitrogen and oxygen atoms in total. The zero-order valence-corrected chi connectivity index (χ0v) is 18.0. The number of fused-ring (bicyclic) bond motifs is 1. The zero-order valence-electron chi connectivity index (χ0n) is 17.3. The molecule has 0 saturated heterocycles. The molecule has 0 bridgehead atoms. The predicted molar refractivity (Wildman–Crippen MR) is 126 cm³/mol. The summed E-state index contributed by atoms with van der Waals surface area (Å²) < 4.78 is 16.1. The van der Waals surface area contributed by atoms with E-state index in [2.05, 4.69) is 5.32 Å². The predicted octanol–water partition coefficient (Wildman–Crippen LogP) is 6.34. The molecule has 1 N–H and O–H groups in total. The van der Waals surface area contributed by atoms with Gasteiger partial charge in [-0.05, 0) is 42.8 Å². The van der Waals surface area contributed by atoms with Gasteiger partial charge >= 0.3 is 0 Å². The van der Waals surface area contributed by atoms with Crippen LogP contribution in [0.15, 0.2) is 78.5 Å². The zero-order chi connectivity index (χ0) is 22.7. The minimum atomic E-state index is -0.524. The van der Waals surface area contributed by atoms with Crippen molar-refractivity contribution in [2.24, 2.45) is 0 Å². The van der Waals surface area contributed by atoms with Gasteiger partial charge in [-0.3, -0.25) is 4.79 Å². The number of aromatic nitrogens is 1. The van der Waals surface area contributed by atoms with E-state index in [1.807, 2.05) is 48.0 Å². The van der Waals surface area contributed by atoms with E-state index in [-0.39, 0.29) is 11.4 Å². The van der Waals surface area contributed by atoms with E-state index in [4.69, 9.17) is 11.6 Å². The number of amides is 1. The van der Waals surface area contributed by atoms with Crippen LogP contribution < -0.4 is 5.32 Å². The lowest BCUT2D eigenvalue weighted by molar-refractivity contribution is -0.112. The van der Waals surface area contributed by atoms with Gasteiger partial charge in [-0.25, -0.2) is 4.39 Å². The first-order chi connectivity index (χ1) is 15.5. The van der Waals surface area contributed by atoms with Crippen molar-refractivity contribution >= 4 is 40.2 Å². The van der Waals surface area contributed by atoms with E-state index in [0.717, 1.165) is 16.5 Å². The van der Waals surface area contributed by atoms with Crippen LogP contribution in [0.25, 0.3) is 17.0 Å². The number of rotatable bonds is 5. The summed E-state index contributed by atoms with van der Waals surface area (Å²) in [6.07, 6.45) is 3.38. The Balaban J connectivity index is 1.70. The molecular formula is C26H19ClFN3O. The van der Waals surface area contributed by atoms with Crippen LogP contribution in [0.1, 0.15) is 16.7 Å². The van der Waals surface area contributed by atoms with Gasteiger partial charge in [0.25, 0.3) is 5.91 Å². The molecule has 0 aliphatic carbocycles. The molecule has 0 atom stereocenters. The van der Waals surface area contributed by atoms with Gasteiger partial charge in [-0.2, -0.15) is 5.26 Å². The van der Waals surface area contributed by atoms with Crippen molar-refractivity contribution in [2.75, 3.05) is 5.32 Å². The van der Waals surface area contributed by atoms with Crippen LogP contribution >= 0.6 is 11.6 Å². The molecule has 0 aliphatic heterocycles. The van der Waals surface area contributed by atoms with E-state index >= 15 is 0 Å². The SMILES string of the molecule is Cc1ccc(Cl)cc1NC(=O)/C(C#N)=C/c1cn(Cc2ccccc2F)c2ccccc12. The van der Waals surface area contributed by atoms with Crippen molar-refractivity contribution < 1.29 is 9.18 Å². The number of aryl methyl sites for hydroxylation is 1. The second kappa shape index (κ2) is 9.09. The summed E-state index contributed by atoms with van der Waals surface area (Å²) in [6, 6.07) is 21.4. The molecule has 0 radical (unpaired) electrons. The lowest BCUT2D eigenvalue weighted by Crippen LogP contribution is -2.14. The fraction of sp³-hybridized carbons (Fsp3) is 0.0769. The van der Waals surface area contributed by atoms with Gasteiger partial charge in [0.05, 0.1) is 6.54 Å². The number of halogens is 2. The van der Waals surface area contributed by atoms with Crippen LogP contribution in [-0.4, -0.2) is 10.5 Å². The minimum Gasteiger partial charge on any atom is -0.342 e. The van der Waals surface area contributed by atoms with Gasteiger partial charge in [0.15, 0.2) is 0 Å². The molecule has 1 heterocycles. The number of hydrogen-bond donors (Lipinski definition) is 1. The average molecular weight is 444 g/mol. The Morgan fingerprint density at radius 2 is 1.91 bits per heavy atom. The van der Waals surface area contributed by atoms with Crippen LogP contribution in [0.3, 0.4) is 0 Å². The first-order valence-electron chi connectivity index (χ1n) is 9.97. The van der Waals surface area contributed by atoms with Crippen LogP contribution in [0.5, 0.6) is 0 Å². The number of carbonyl (C=O) groups is 1. The van der Waals surface area contributed by atoms with Crippen molar-refractivity contribution in [1.82, 2.24) is 4.57 Å². The fourth-order valence-electron chi connectivity index (χ4n) is 3.55. The lowest BCUT2D eigenvalue weighted by Gasteiger charge is -2.08. The number of hydrogen-bond acceptors (Lipinski definition) is 2. The largest absolute Gasteiger partial charge is 0.342 e. The summed E-state index contributed by atoms with van der Waals surface area (Å²) in [5.74, 6) is -0.805. The third-order valence-corrected chi connectivity index (χ3v) is 5.47. The summed E-state index contributed by atoms with van der Waals surface area (Å²) in [6.45, 7) is 2.18. The summed E-state index contributed by atoms with van der Waals surface area (Å²) in [4.78, 5) is 12.8. The number of para-hydroxylation sites is 1. The number of anilines is 1. The summed E-state index contributed by atoms with van der Waals surface area (Å²) in [5.41, 5.74) is 3.47. The van der Waals surface area contributed by atoms with Crippen LogP contribution in [-0.2, 0) is 11.3 Å². The Bertz CT molecular complexity index is 1400. The van der Waals surface area contributed by atoms with Crippen LogP contribution in [0.2, 0.25) is 5.02 Å².